The van der Waals surface area contributed by atoms with Gasteiger partial charge in [0, 0.05) is 30.8 Å². The van der Waals surface area contributed by atoms with Crippen LogP contribution >= 0.6 is 0 Å². The molecule has 0 atom stereocenters. The first-order valence-corrected chi connectivity index (χ1v) is 10.00. The Kier molecular flexibility index (Phi) is 5.18. The van der Waals surface area contributed by atoms with Gasteiger partial charge in [0.1, 0.15) is 0 Å². The van der Waals surface area contributed by atoms with Crippen LogP contribution in [-0.4, -0.2) is 36.9 Å². The van der Waals surface area contributed by atoms with E-state index in [0.717, 1.165) is 17.5 Å². The van der Waals surface area contributed by atoms with Gasteiger partial charge in [-0.15, -0.1) is 0 Å². The molecule has 0 aliphatic carbocycles. The van der Waals surface area contributed by atoms with Crippen LogP contribution in [0.15, 0.2) is 71.9 Å². The molecule has 0 saturated carbocycles. The number of hydrogen-bond acceptors (Lipinski definition) is 4. The minimum absolute atomic E-state index is 0.138. The summed E-state index contributed by atoms with van der Waals surface area (Å²) in [5, 5.41) is 6.99. The van der Waals surface area contributed by atoms with Crippen molar-refractivity contribution in [2.75, 3.05) is 12.8 Å². The number of carbonyl (C=O) groups is 1. The first kappa shape index (κ1) is 17.9. The molecule has 0 fully saturated rings. The molecular formula is C19H19N3O3S. The van der Waals surface area contributed by atoms with E-state index in [9.17, 15) is 13.2 Å². The third-order valence-corrected chi connectivity index (χ3v) is 5.04. The Balaban J connectivity index is 1.57. The van der Waals surface area contributed by atoms with Crippen molar-refractivity contribution in [1.82, 2.24) is 15.1 Å². The second-order valence-corrected chi connectivity index (χ2v) is 7.94. The SMILES string of the molecule is CS(=O)(=O)c1cccc(C(=O)NCCc2ccc(-n3cccn3)cc2)c1. The molecule has 1 heterocycles. The zero-order chi connectivity index (χ0) is 18.6. The van der Waals surface area contributed by atoms with Gasteiger partial charge < -0.3 is 5.32 Å². The highest BCUT2D eigenvalue weighted by Crippen LogP contribution is 2.12. The van der Waals surface area contributed by atoms with Crippen molar-refractivity contribution in [2.24, 2.45) is 0 Å². The third-order valence-electron chi connectivity index (χ3n) is 3.93. The Bertz CT molecular complexity index is 995. The summed E-state index contributed by atoms with van der Waals surface area (Å²) >= 11 is 0. The van der Waals surface area contributed by atoms with Crippen molar-refractivity contribution in [2.45, 2.75) is 11.3 Å². The van der Waals surface area contributed by atoms with Gasteiger partial charge in [-0.25, -0.2) is 13.1 Å². The van der Waals surface area contributed by atoms with E-state index in [1.165, 1.54) is 12.1 Å². The number of hydrogen-bond donors (Lipinski definition) is 1. The predicted octanol–water partition coefficient (Wildman–Crippen LogP) is 2.25. The van der Waals surface area contributed by atoms with Gasteiger partial charge in [0.25, 0.3) is 5.91 Å². The zero-order valence-electron chi connectivity index (χ0n) is 14.3. The first-order chi connectivity index (χ1) is 12.4. The number of carbonyl (C=O) groups excluding carboxylic acids is 1. The lowest BCUT2D eigenvalue weighted by Gasteiger charge is -2.07. The average Bonchev–Trinajstić information content (AvgIpc) is 3.16. The van der Waals surface area contributed by atoms with Crippen molar-refractivity contribution in [3.05, 3.63) is 78.1 Å². The van der Waals surface area contributed by atoms with Crippen molar-refractivity contribution >= 4 is 15.7 Å². The Morgan fingerprint density at radius 3 is 2.54 bits per heavy atom. The molecule has 134 valence electrons. The molecule has 0 bridgehead atoms. The molecule has 26 heavy (non-hydrogen) atoms. The monoisotopic (exact) mass is 369 g/mol. The Morgan fingerprint density at radius 1 is 1.12 bits per heavy atom. The highest BCUT2D eigenvalue weighted by Gasteiger charge is 2.11. The Labute approximate surface area is 152 Å². The van der Waals surface area contributed by atoms with Gasteiger partial charge in [0.2, 0.25) is 0 Å². The number of benzene rings is 2. The van der Waals surface area contributed by atoms with Crippen LogP contribution in [0, 0.1) is 0 Å². The predicted molar refractivity (Wildman–Crippen MR) is 99.2 cm³/mol. The number of sulfone groups is 1. The maximum Gasteiger partial charge on any atom is 0.251 e. The van der Waals surface area contributed by atoms with E-state index in [1.54, 1.807) is 23.0 Å². The largest absolute Gasteiger partial charge is 0.352 e. The van der Waals surface area contributed by atoms with Crippen LogP contribution in [0.2, 0.25) is 0 Å². The molecule has 3 rings (SSSR count). The molecule has 0 spiro atoms. The molecule has 6 nitrogen and oxygen atoms in total. The van der Waals surface area contributed by atoms with Gasteiger partial charge in [-0.05, 0) is 48.4 Å². The quantitative estimate of drug-likeness (QED) is 0.723. The van der Waals surface area contributed by atoms with Gasteiger partial charge in [0.05, 0.1) is 10.6 Å². The number of rotatable bonds is 6. The van der Waals surface area contributed by atoms with E-state index in [-0.39, 0.29) is 10.8 Å². The molecule has 1 amide bonds. The molecule has 3 aromatic rings. The van der Waals surface area contributed by atoms with Crippen molar-refractivity contribution in [1.29, 1.82) is 0 Å². The number of nitrogens with one attached hydrogen (secondary N) is 1. The minimum Gasteiger partial charge on any atom is -0.352 e. The summed E-state index contributed by atoms with van der Waals surface area (Å²) in [4.78, 5) is 12.3. The van der Waals surface area contributed by atoms with Crippen molar-refractivity contribution in [3.8, 4) is 5.69 Å². The fourth-order valence-corrected chi connectivity index (χ4v) is 3.19. The summed E-state index contributed by atoms with van der Waals surface area (Å²) in [6, 6.07) is 15.8. The standard InChI is InChI=1S/C19H19N3O3S/c1-26(24,25)18-5-2-4-16(14-18)19(23)20-12-10-15-6-8-17(9-7-15)22-13-3-11-21-22/h2-9,11,13-14H,10,12H2,1H3,(H,20,23). The molecule has 1 N–H and O–H groups in total. The van der Waals surface area contributed by atoms with Gasteiger partial charge in [-0.3, -0.25) is 4.79 Å². The van der Waals surface area contributed by atoms with Crippen LogP contribution in [0.3, 0.4) is 0 Å². The van der Waals surface area contributed by atoms with E-state index in [4.69, 9.17) is 0 Å². The van der Waals surface area contributed by atoms with E-state index in [0.29, 0.717) is 18.5 Å². The fourth-order valence-electron chi connectivity index (χ4n) is 2.53. The summed E-state index contributed by atoms with van der Waals surface area (Å²) < 4.78 is 24.9. The van der Waals surface area contributed by atoms with E-state index < -0.39 is 9.84 Å². The zero-order valence-corrected chi connectivity index (χ0v) is 15.1. The molecule has 7 heteroatoms. The Hall–Kier alpha value is -2.93. The van der Waals surface area contributed by atoms with Gasteiger partial charge in [-0.2, -0.15) is 5.10 Å². The van der Waals surface area contributed by atoms with Gasteiger partial charge in [0.15, 0.2) is 9.84 Å². The third kappa shape index (κ3) is 4.37. The number of nitrogens with zero attached hydrogens (tertiary/aromatic N) is 2. The van der Waals surface area contributed by atoms with Gasteiger partial charge >= 0.3 is 0 Å². The van der Waals surface area contributed by atoms with Crippen LogP contribution in [0.4, 0.5) is 0 Å². The van der Waals surface area contributed by atoms with E-state index in [1.807, 2.05) is 36.5 Å². The Morgan fingerprint density at radius 2 is 1.88 bits per heavy atom. The van der Waals surface area contributed by atoms with Crippen molar-refractivity contribution in [3.63, 3.8) is 0 Å². The normalized spacial score (nSPS) is 11.3. The van der Waals surface area contributed by atoms with Crippen LogP contribution in [0.25, 0.3) is 5.69 Å². The summed E-state index contributed by atoms with van der Waals surface area (Å²) in [6.45, 7) is 0.461. The van der Waals surface area contributed by atoms with Crippen LogP contribution < -0.4 is 5.32 Å². The van der Waals surface area contributed by atoms with Gasteiger partial charge in [-0.1, -0.05) is 18.2 Å². The molecule has 0 saturated heterocycles. The van der Waals surface area contributed by atoms with Crippen LogP contribution in [0.5, 0.6) is 0 Å². The topological polar surface area (TPSA) is 81.1 Å². The maximum atomic E-state index is 12.2. The highest BCUT2D eigenvalue weighted by molar-refractivity contribution is 7.90. The molecule has 0 aliphatic heterocycles. The second kappa shape index (κ2) is 7.53. The molecule has 0 radical (unpaired) electrons. The summed E-state index contributed by atoms with van der Waals surface area (Å²) in [5.74, 6) is -0.288. The fraction of sp³-hybridized carbons (Fsp3) is 0.158. The van der Waals surface area contributed by atoms with E-state index in [2.05, 4.69) is 10.4 Å². The summed E-state index contributed by atoms with van der Waals surface area (Å²) in [5.41, 5.74) is 2.40. The lowest BCUT2D eigenvalue weighted by atomic mass is 10.1. The smallest absolute Gasteiger partial charge is 0.251 e. The lowest BCUT2D eigenvalue weighted by Crippen LogP contribution is -2.25. The molecule has 0 aliphatic rings. The van der Waals surface area contributed by atoms with Crippen LogP contribution in [0.1, 0.15) is 15.9 Å². The number of aromatic nitrogens is 2. The summed E-state index contributed by atoms with van der Waals surface area (Å²) in [7, 11) is -3.33. The van der Waals surface area contributed by atoms with Crippen molar-refractivity contribution < 1.29 is 13.2 Å². The van der Waals surface area contributed by atoms with E-state index >= 15 is 0 Å². The summed E-state index contributed by atoms with van der Waals surface area (Å²) in [6.07, 6.45) is 5.40. The highest BCUT2D eigenvalue weighted by atomic mass is 32.2. The maximum absolute atomic E-state index is 12.2. The molecule has 1 aromatic heterocycles. The molecule has 2 aromatic carbocycles. The number of amides is 1. The first-order valence-electron chi connectivity index (χ1n) is 8.11. The minimum atomic E-state index is -3.33. The average molecular weight is 369 g/mol. The van der Waals surface area contributed by atoms with Crippen LogP contribution in [-0.2, 0) is 16.3 Å². The second-order valence-electron chi connectivity index (χ2n) is 5.92. The molecule has 0 unspecified atom stereocenters. The molecular weight excluding hydrogens is 350 g/mol. The lowest BCUT2D eigenvalue weighted by molar-refractivity contribution is 0.0954.